The predicted octanol–water partition coefficient (Wildman–Crippen LogP) is 11.1. The third-order valence-electron chi connectivity index (χ3n) is 10.7. The normalized spacial score (nSPS) is 17.3. The van der Waals surface area contributed by atoms with E-state index in [0.717, 1.165) is 57.1 Å². The molecule has 0 amide bonds. The standard InChI is InChI=1S/C47H33N3O/c1-46(27-12-3-13-28-46)45-49-43(33-18-14-17-32(29-33)31-15-4-2-5-16-31)48-44(50-45)34-25-26-36-35-19-6-7-20-37(35)47(40(36)30-34)38-21-8-10-23-41(38)51-42-24-11-9-22-39(42)47/h2-27,29-30H,28H2,1H3. The molecule has 6 aromatic carbocycles. The van der Waals surface area contributed by atoms with Crippen LogP contribution in [0.4, 0.5) is 0 Å². The van der Waals surface area contributed by atoms with Crippen LogP contribution >= 0.6 is 0 Å². The molecule has 0 N–H and O–H groups in total. The fourth-order valence-electron chi connectivity index (χ4n) is 8.24. The van der Waals surface area contributed by atoms with Gasteiger partial charge >= 0.3 is 0 Å². The van der Waals surface area contributed by atoms with Crippen molar-refractivity contribution in [2.45, 2.75) is 24.2 Å². The topological polar surface area (TPSA) is 47.9 Å². The molecule has 2 heterocycles. The zero-order chi connectivity index (χ0) is 34.0. The smallest absolute Gasteiger partial charge is 0.163 e. The molecule has 0 bridgehead atoms. The van der Waals surface area contributed by atoms with Crippen LogP contribution in [-0.2, 0) is 10.8 Å². The van der Waals surface area contributed by atoms with E-state index < -0.39 is 5.41 Å². The van der Waals surface area contributed by atoms with Crippen LogP contribution < -0.4 is 4.74 Å². The summed E-state index contributed by atoms with van der Waals surface area (Å²) in [4.78, 5) is 15.7. The Labute approximate surface area is 297 Å². The van der Waals surface area contributed by atoms with Gasteiger partial charge in [-0.3, -0.25) is 0 Å². The minimum Gasteiger partial charge on any atom is -0.457 e. The fraction of sp³-hybridized carbons (Fsp3) is 0.0851. The Morgan fingerprint density at radius 1 is 0.490 bits per heavy atom. The minimum atomic E-state index is -0.570. The van der Waals surface area contributed by atoms with Gasteiger partial charge in [0.05, 0.1) is 5.41 Å². The van der Waals surface area contributed by atoms with E-state index in [4.69, 9.17) is 19.7 Å². The van der Waals surface area contributed by atoms with Crippen LogP contribution in [0.5, 0.6) is 11.5 Å². The lowest BCUT2D eigenvalue weighted by atomic mass is 9.66. The van der Waals surface area contributed by atoms with Crippen molar-refractivity contribution in [2.24, 2.45) is 0 Å². The van der Waals surface area contributed by atoms with Crippen LogP contribution in [-0.4, -0.2) is 15.0 Å². The summed E-state index contributed by atoms with van der Waals surface area (Å²) in [5.41, 5.74) is 10.4. The number of ether oxygens (including phenoxy) is 1. The maximum atomic E-state index is 6.56. The lowest BCUT2D eigenvalue weighted by molar-refractivity contribution is 0.436. The summed E-state index contributed by atoms with van der Waals surface area (Å²) >= 11 is 0. The summed E-state index contributed by atoms with van der Waals surface area (Å²) in [6, 6.07) is 51.4. The SMILES string of the molecule is CC1(c2nc(-c3cccc(-c4ccccc4)c3)nc(-c3ccc4c(c3)C3(c5ccccc5Oc5ccccc53)c3ccccc3-4)n2)C=CC=CC1. The van der Waals surface area contributed by atoms with Gasteiger partial charge in [-0.05, 0) is 71.0 Å². The number of rotatable bonds is 4. The summed E-state index contributed by atoms with van der Waals surface area (Å²) in [5, 5.41) is 0. The number of nitrogens with zero attached hydrogens (tertiary/aromatic N) is 3. The molecule has 51 heavy (non-hydrogen) atoms. The third kappa shape index (κ3) is 4.49. The maximum Gasteiger partial charge on any atom is 0.163 e. The summed E-state index contributed by atoms with van der Waals surface area (Å²) < 4.78 is 6.56. The molecular formula is C47H33N3O. The van der Waals surface area contributed by atoms with Gasteiger partial charge in [0.1, 0.15) is 17.3 Å². The van der Waals surface area contributed by atoms with Gasteiger partial charge in [-0.25, -0.2) is 15.0 Å². The molecule has 3 aliphatic rings. The van der Waals surface area contributed by atoms with Crippen LogP contribution in [0.15, 0.2) is 170 Å². The molecule has 2 aliphatic carbocycles. The highest BCUT2D eigenvalue weighted by Gasteiger charge is 2.51. The van der Waals surface area contributed by atoms with Crippen LogP contribution in [0, 0.1) is 0 Å². The molecule has 1 spiro atoms. The molecule has 1 aliphatic heterocycles. The monoisotopic (exact) mass is 655 g/mol. The van der Waals surface area contributed by atoms with E-state index in [1.807, 2.05) is 6.07 Å². The van der Waals surface area contributed by atoms with Crippen LogP contribution in [0.1, 0.15) is 41.4 Å². The summed E-state index contributed by atoms with van der Waals surface area (Å²) in [6.45, 7) is 2.21. The van der Waals surface area contributed by atoms with Gasteiger partial charge in [0, 0.05) is 27.7 Å². The first-order valence-electron chi connectivity index (χ1n) is 17.5. The first-order valence-corrected chi connectivity index (χ1v) is 17.5. The average molecular weight is 656 g/mol. The van der Waals surface area contributed by atoms with E-state index >= 15 is 0 Å². The number of aromatic nitrogens is 3. The number of hydrogen-bond acceptors (Lipinski definition) is 4. The summed E-state index contributed by atoms with van der Waals surface area (Å²) in [5.74, 6) is 3.83. The van der Waals surface area contributed by atoms with Gasteiger partial charge in [0.2, 0.25) is 0 Å². The predicted molar refractivity (Wildman–Crippen MR) is 204 cm³/mol. The van der Waals surface area contributed by atoms with Gasteiger partial charge in [0.15, 0.2) is 11.6 Å². The van der Waals surface area contributed by atoms with Crippen molar-refractivity contribution in [1.82, 2.24) is 15.0 Å². The van der Waals surface area contributed by atoms with E-state index in [1.165, 1.54) is 22.3 Å². The van der Waals surface area contributed by atoms with E-state index in [2.05, 4.69) is 171 Å². The highest BCUT2D eigenvalue weighted by atomic mass is 16.5. The number of allylic oxidation sites excluding steroid dienone is 4. The Balaban J connectivity index is 1.21. The zero-order valence-electron chi connectivity index (χ0n) is 28.1. The van der Waals surface area contributed by atoms with E-state index in [-0.39, 0.29) is 5.41 Å². The van der Waals surface area contributed by atoms with Gasteiger partial charge in [-0.1, -0.05) is 146 Å². The van der Waals surface area contributed by atoms with E-state index in [1.54, 1.807) is 0 Å². The van der Waals surface area contributed by atoms with Crippen molar-refractivity contribution in [3.05, 3.63) is 198 Å². The van der Waals surface area contributed by atoms with Crippen molar-refractivity contribution >= 4 is 0 Å². The molecule has 0 saturated carbocycles. The van der Waals surface area contributed by atoms with Crippen molar-refractivity contribution in [1.29, 1.82) is 0 Å². The largest absolute Gasteiger partial charge is 0.457 e. The summed E-state index contributed by atoms with van der Waals surface area (Å²) in [7, 11) is 0. The van der Waals surface area contributed by atoms with Gasteiger partial charge < -0.3 is 4.74 Å². The van der Waals surface area contributed by atoms with Gasteiger partial charge in [0.25, 0.3) is 0 Å². The van der Waals surface area contributed by atoms with Crippen molar-refractivity contribution < 1.29 is 4.74 Å². The Morgan fingerprint density at radius 2 is 1.10 bits per heavy atom. The zero-order valence-corrected chi connectivity index (χ0v) is 28.1. The van der Waals surface area contributed by atoms with Crippen molar-refractivity contribution in [3.63, 3.8) is 0 Å². The highest BCUT2D eigenvalue weighted by molar-refractivity contribution is 5.90. The Kier molecular flexibility index (Phi) is 6.56. The molecule has 242 valence electrons. The second-order valence-electron chi connectivity index (χ2n) is 13.8. The van der Waals surface area contributed by atoms with Gasteiger partial charge in [-0.2, -0.15) is 0 Å². The van der Waals surface area contributed by atoms with Crippen molar-refractivity contribution in [2.75, 3.05) is 0 Å². The number of benzene rings is 6. The molecule has 1 aromatic heterocycles. The maximum absolute atomic E-state index is 6.56. The highest BCUT2D eigenvalue weighted by Crippen LogP contribution is 2.62. The van der Waals surface area contributed by atoms with Gasteiger partial charge in [-0.15, -0.1) is 0 Å². The molecule has 1 unspecified atom stereocenters. The molecule has 0 fully saturated rings. The number of fused-ring (bicyclic) bond motifs is 9. The molecule has 0 saturated heterocycles. The molecule has 7 aromatic rings. The fourth-order valence-corrected chi connectivity index (χ4v) is 8.24. The van der Waals surface area contributed by atoms with Crippen LogP contribution in [0.25, 0.3) is 45.0 Å². The second kappa shape index (κ2) is 11.3. The minimum absolute atomic E-state index is 0.370. The van der Waals surface area contributed by atoms with Crippen LogP contribution in [0.3, 0.4) is 0 Å². The van der Waals surface area contributed by atoms with E-state index in [9.17, 15) is 0 Å². The average Bonchev–Trinajstić information content (AvgIpc) is 3.48. The number of hydrogen-bond donors (Lipinski definition) is 0. The molecule has 1 atom stereocenters. The Bertz CT molecular complexity index is 2520. The number of para-hydroxylation sites is 2. The first kappa shape index (κ1) is 29.5. The van der Waals surface area contributed by atoms with E-state index in [0.29, 0.717) is 11.6 Å². The molecular weight excluding hydrogens is 623 g/mol. The molecule has 0 radical (unpaired) electrons. The van der Waals surface area contributed by atoms with Crippen molar-refractivity contribution in [3.8, 4) is 56.5 Å². The quantitative estimate of drug-likeness (QED) is 0.189. The third-order valence-corrected chi connectivity index (χ3v) is 10.7. The first-order chi connectivity index (χ1) is 25.1. The Hall–Kier alpha value is -6.39. The lowest BCUT2D eigenvalue weighted by Gasteiger charge is -2.39. The molecule has 4 heteroatoms. The molecule has 4 nitrogen and oxygen atoms in total. The second-order valence-corrected chi connectivity index (χ2v) is 13.8. The lowest BCUT2D eigenvalue weighted by Crippen LogP contribution is -2.32. The summed E-state index contributed by atoms with van der Waals surface area (Å²) in [6.07, 6.45) is 9.40. The van der Waals surface area contributed by atoms with Crippen LogP contribution in [0.2, 0.25) is 0 Å². The molecule has 10 rings (SSSR count). The Morgan fingerprint density at radius 3 is 1.82 bits per heavy atom.